The van der Waals surface area contributed by atoms with E-state index in [0.29, 0.717) is 40.0 Å². The van der Waals surface area contributed by atoms with Crippen LogP contribution >= 0.6 is 0 Å². The van der Waals surface area contributed by atoms with Crippen LogP contribution in [0.4, 0.5) is 10.2 Å². The van der Waals surface area contributed by atoms with E-state index in [-0.39, 0.29) is 0 Å². The molecule has 0 saturated heterocycles. The molecule has 0 aliphatic carbocycles. The zero-order chi connectivity index (χ0) is 22.1. The number of aromatic amines is 1. The summed E-state index contributed by atoms with van der Waals surface area (Å²) in [5, 5.41) is 18.4. The molecule has 0 radical (unpaired) electrons. The van der Waals surface area contributed by atoms with Crippen molar-refractivity contribution < 1.29 is 4.39 Å². The molecule has 0 saturated carbocycles. The van der Waals surface area contributed by atoms with Crippen molar-refractivity contribution in [2.75, 3.05) is 18.5 Å². The summed E-state index contributed by atoms with van der Waals surface area (Å²) >= 11 is 0. The van der Waals surface area contributed by atoms with Crippen LogP contribution in [0.25, 0.3) is 27.9 Å². The van der Waals surface area contributed by atoms with Gasteiger partial charge in [0, 0.05) is 73.5 Å². The summed E-state index contributed by atoms with van der Waals surface area (Å²) in [4.78, 5) is 19.8. The van der Waals surface area contributed by atoms with Gasteiger partial charge >= 0.3 is 0 Å². The van der Waals surface area contributed by atoms with Crippen LogP contribution in [0.5, 0.6) is 0 Å². The molecule has 0 spiro atoms. The SMILES string of the molecule is CN/C=C(\C=N)c1cc2c(-c3cc(N4CCc5nccnc5C4)ncn3)n[nH]c2cc1F. The van der Waals surface area contributed by atoms with Gasteiger partial charge < -0.3 is 15.6 Å². The molecule has 0 bridgehead atoms. The second kappa shape index (κ2) is 8.14. The number of fused-ring (bicyclic) bond motifs is 2. The summed E-state index contributed by atoms with van der Waals surface area (Å²) < 4.78 is 14.7. The summed E-state index contributed by atoms with van der Waals surface area (Å²) in [5.41, 5.74) is 4.47. The van der Waals surface area contributed by atoms with Crippen molar-refractivity contribution in [2.45, 2.75) is 13.0 Å². The molecule has 10 heteroatoms. The van der Waals surface area contributed by atoms with Crippen molar-refractivity contribution in [1.82, 2.24) is 35.5 Å². The third-order valence-corrected chi connectivity index (χ3v) is 5.46. The molecule has 4 heterocycles. The van der Waals surface area contributed by atoms with Crippen molar-refractivity contribution in [3.05, 3.63) is 65.9 Å². The number of benzene rings is 1. The van der Waals surface area contributed by atoms with Gasteiger partial charge in [-0.2, -0.15) is 5.10 Å². The van der Waals surface area contributed by atoms with Gasteiger partial charge in [-0.3, -0.25) is 15.1 Å². The van der Waals surface area contributed by atoms with Crippen LogP contribution in [0.1, 0.15) is 17.0 Å². The predicted octanol–water partition coefficient (Wildman–Crippen LogP) is 2.72. The van der Waals surface area contributed by atoms with Crippen LogP contribution in [0, 0.1) is 11.2 Å². The van der Waals surface area contributed by atoms with Crippen molar-refractivity contribution >= 4 is 28.5 Å². The van der Waals surface area contributed by atoms with Crippen LogP contribution in [0.3, 0.4) is 0 Å². The molecule has 9 nitrogen and oxygen atoms in total. The molecule has 3 aromatic heterocycles. The number of allylic oxidation sites excluding steroid dienone is 1. The number of nitrogens with one attached hydrogen (secondary N) is 3. The highest BCUT2D eigenvalue weighted by Crippen LogP contribution is 2.31. The molecule has 4 aromatic rings. The van der Waals surface area contributed by atoms with Crippen LogP contribution in [0.15, 0.2) is 43.1 Å². The topological polar surface area (TPSA) is 119 Å². The summed E-state index contributed by atoms with van der Waals surface area (Å²) in [5.74, 6) is 0.328. The third-order valence-electron chi connectivity index (χ3n) is 5.46. The van der Waals surface area contributed by atoms with Gasteiger partial charge in [0.1, 0.15) is 23.7 Å². The Balaban J connectivity index is 1.54. The molecule has 5 rings (SSSR count). The first kappa shape index (κ1) is 19.7. The van der Waals surface area contributed by atoms with Crippen molar-refractivity contribution in [3.63, 3.8) is 0 Å². The van der Waals surface area contributed by atoms with Crippen molar-refractivity contribution in [2.24, 2.45) is 0 Å². The van der Waals surface area contributed by atoms with Gasteiger partial charge in [0.25, 0.3) is 0 Å². The highest BCUT2D eigenvalue weighted by molar-refractivity contribution is 6.10. The average Bonchev–Trinajstić information content (AvgIpc) is 3.24. The third kappa shape index (κ3) is 3.45. The summed E-state index contributed by atoms with van der Waals surface area (Å²) in [6.07, 6.45) is 8.40. The van der Waals surface area contributed by atoms with Gasteiger partial charge in [-0.1, -0.05) is 0 Å². The number of aromatic nitrogens is 6. The Kier molecular flexibility index (Phi) is 5.02. The predicted molar refractivity (Wildman–Crippen MR) is 120 cm³/mol. The zero-order valence-electron chi connectivity index (χ0n) is 17.3. The van der Waals surface area contributed by atoms with E-state index >= 15 is 0 Å². The van der Waals surface area contributed by atoms with Gasteiger partial charge in [-0.15, -0.1) is 0 Å². The van der Waals surface area contributed by atoms with E-state index in [1.54, 1.807) is 31.7 Å². The first-order valence-electron chi connectivity index (χ1n) is 10.1. The van der Waals surface area contributed by atoms with Crippen LogP contribution in [-0.4, -0.2) is 49.9 Å². The van der Waals surface area contributed by atoms with Crippen LogP contribution in [-0.2, 0) is 13.0 Å². The first-order chi connectivity index (χ1) is 15.7. The Bertz CT molecular complexity index is 1340. The van der Waals surface area contributed by atoms with Gasteiger partial charge in [0.2, 0.25) is 0 Å². The number of rotatable bonds is 5. The van der Waals surface area contributed by atoms with Crippen molar-refractivity contribution in [3.8, 4) is 11.4 Å². The Morgan fingerprint density at radius 2 is 2.00 bits per heavy atom. The van der Waals surface area contributed by atoms with Crippen LogP contribution < -0.4 is 10.2 Å². The standard InChI is InChI=1S/C22H20FN9/c1-25-10-13(9-24)14-6-15-18(7-16(14)23)30-31-22(15)19-8-21(29-12-28-19)32-5-2-17-20(11-32)27-4-3-26-17/h3-4,6-10,12,24-25H,2,5,11H2,1H3,(H,30,31)/b13-10+,24-9?. The lowest BCUT2D eigenvalue weighted by molar-refractivity contribution is 0.626. The Hall–Kier alpha value is -4.21. The highest BCUT2D eigenvalue weighted by atomic mass is 19.1. The zero-order valence-corrected chi connectivity index (χ0v) is 17.3. The monoisotopic (exact) mass is 429 g/mol. The van der Waals surface area contributed by atoms with E-state index in [1.807, 2.05) is 6.07 Å². The Morgan fingerprint density at radius 1 is 1.16 bits per heavy atom. The molecule has 1 aliphatic heterocycles. The molecule has 32 heavy (non-hydrogen) atoms. The fourth-order valence-corrected chi connectivity index (χ4v) is 3.89. The second-order valence-corrected chi connectivity index (χ2v) is 7.37. The number of hydrogen-bond donors (Lipinski definition) is 3. The van der Waals surface area contributed by atoms with Gasteiger partial charge in [-0.25, -0.2) is 14.4 Å². The fraction of sp³-hybridized carbons (Fsp3) is 0.182. The fourth-order valence-electron chi connectivity index (χ4n) is 3.89. The minimum absolute atomic E-state index is 0.310. The number of halogens is 1. The minimum Gasteiger partial charge on any atom is -0.393 e. The molecular weight excluding hydrogens is 409 g/mol. The first-order valence-corrected chi connectivity index (χ1v) is 10.1. The van der Waals surface area contributed by atoms with Crippen LogP contribution in [0.2, 0.25) is 0 Å². The normalized spacial score (nSPS) is 13.8. The van der Waals surface area contributed by atoms with E-state index in [2.05, 4.69) is 40.3 Å². The lowest BCUT2D eigenvalue weighted by Gasteiger charge is -2.28. The lowest BCUT2D eigenvalue weighted by Crippen LogP contribution is -2.32. The maximum atomic E-state index is 14.7. The number of hydrogen-bond acceptors (Lipinski definition) is 8. The van der Waals surface area contributed by atoms with Gasteiger partial charge in [0.15, 0.2) is 0 Å². The summed E-state index contributed by atoms with van der Waals surface area (Å²) in [7, 11) is 1.70. The molecule has 0 unspecified atom stereocenters. The van der Waals surface area contributed by atoms with Crippen molar-refractivity contribution in [1.29, 1.82) is 5.41 Å². The average molecular weight is 429 g/mol. The molecule has 0 fully saturated rings. The second-order valence-electron chi connectivity index (χ2n) is 7.37. The quantitative estimate of drug-likeness (QED) is 0.417. The number of nitrogens with zero attached hydrogens (tertiary/aromatic N) is 6. The number of anilines is 1. The molecule has 0 amide bonds. The molecule has 3 N–H and O–H groups in total. The molecule has 160 valence electrons. The van der Waals surface area contributed by atoms with E-state index in [4.69, 9.17) is 5.41 Å². The summed E-state index contributed by atoms with van der Waals surface area (Å²) in [6, 6.07) is 4.95. The maximum absolute atomic E-state index is 14.7. The minimum atomic E-state index is -0.436. The maximum Gasteiger partial charge on any atom is 0.133 e. The highest BCUT2D eigenvalue weighted by Gasteiger charge is 2.21. The smallest absolute Gasteiger partial charge is 0.133 e. The molecule has 1 aliphatic rings. The molecular formula is C22H20FN9. The summed E-state index contributed by atoms with van der Waals surface area (Å²) in [6.45, 7) is 1.39. The number of H-pyrrole nitrogens is 1. The molecule has 0 atom stereocenters. The van der Waals surface area contributed by atoms with E-state index in [9.17, 15) is 4.39 Å². The van der Waals surface area contributed by atoms with Gasteiger partial charge in [-0.05, 0) is 6.07 Å². The Labute approximate surface area is 183 Å². The Morgan fingerprint density at radius 3 is 2.81 bits per heavy atom. The van der Waals surface area contributed by atoms with E-state index < -0.39 is 5.82 Å². The van der Waals surface area contributed by atoms with Gasteiger partial charge in [0.05, 0.1) is 29.1 Å². The van der Waals surface area contributed by atoms with E-state index in [0.717, 1.165) is 36.4 Å². The van der Waals surface area contributed by atoms with E-state index in [1.165, 1.54) is 12.4 Å². The largest absolute Gasteiger partial charge is 0.393 e. The lowest BCUT2D eigenvalue weighted by atomic mass is 10.0. The molecule has 1 aromatic carbocycles.